The summed E-state index contributed by atoms with van der Waals surface area (Å²) >= 11 is 0. The monoisotopic (exact) mass is 267 g/mol. The molecule has 1 rings (SSSR count). The highest BCUT2D eigenvalue weighted by Crippen LogP contribution is 2.21. The number of nitrogen functional groups attached to an aromatic ring is 1. The maximum Gasteiger partial charge on any atom is 0.223 e. The molecule has 0 aromatic carbocycles. The summed E-state index contributed by atoms with van der Waals surface area (Å²) in [4.78, 5) is 8.29. The van der Waals surface area contributed by atoms with Crippen LogP contribution in [0.3, 0.4) is 0 Å². The number of aliphatic hydroxyl groups is 1. The minimum atomic E-state index is 0.00543. The number of nitrogens with two attached hydrogens (primary N) is 1. The average molecular weight is 267 g/mol. The number of aliphatic hydroxyl groups excluding tert-OH is 1. The fraction of sp³-hybridized carbons (Fsp3) is 0.692. The zero-order valence-electron chi connectivity index (χ0n) is 12.0. The fourth-order valence-electron chi connectivity index (χ4n) is 1.62. The van der Waals surface area contributed by atoms with Crippen LogP contribution in [-0.4, -0.2) is 34.8 Å². The lowest BCUT2D eigenvalue weighted by Gasteiger charge is -2.24. The van der Waals surface area contributed by atoms with Gasteiger partial charge in [0.1, 0.15) is 11.6 Å². The molecule has 6 heteroatoms. The van der Waals surface area contributed by atoms with Crippen LogP contribution < -0.4 is 16.4 Å². The number of aromatic nitrogens is 2. The van der Waals surface area contributed by atoms with E-state index in [2.05, 4.69) is 41.4 Å². The molecule has 0 saturated carbocycles. The Hall–Kier alpha value is -1.56. The molecule has 0 amide bonds. The van der Waals surface area contributed by atoms with Crippen molar-refractivity contribution in [3.63, 3.8) is 0 Å². The third-order valence-corrected chi connectivity index (χ3v) is 2.84. The van der Waals surface area contributed by atoms with Crippen molar-refractivity contribution in [2.75, 3.05) is 36.1 Å². The van der Waals surface area contributed by atoms with Crippen LogP contribution in [0.15, 0.2) is 6.07 Å². The summed E-state index contributed by atoms with van der Waals surface area (Å²) in [5.74, 6) is 1.69. The molecule has 0 aliphatic rings. The Labute approximate surface area is 114 Å². The largest absolute Gasteiger partial charge is 0.396 e. The summed E-state index contributed by atoms with van der Waals surface area (Å²) in [6.45, 7) is 8.04. The first kappa shape index (κ1) is 15.5. The Bertz CT molecular complexity index is 395. The van der Waals surface area contributed by atoms with Gasteiger partial charge >= 0.3 is 0 Å². The van der Waals surface area contributed by atoms with E-state index in [4.69, 9.17) is 10.8 Å². The summed E-state index contributed by atoms with van der Waals surface area (Å²) in [6, 6.07) is 1.85. The topological polar surface area (TPSA) is 96.1 Å². The van der Waals surface area contributed by atoms with E-state index in [1.165, 1.54) is 0 Å². The first-order chi connectivity index (χ1) is 8.96. The van der Waals surface area contributed by atoms with Crippen LogP contribution in [0.1, 0.15) is 33.6 Å². The van der Waals surface area contributed by atoms with Gasteiger partial charge in [-0.05, 0) is 18.3 Å². The fourth-order valence-corrected chi connectivity index (χ4v) is 1.62. The molecule has 0 atom stereocenters. The lowest BCUT2D eigenvalue weighted by Crippen LogP contribution is -2.24. The number of rotatable bonds is 8. The highest BCUT2D eigenvalue weighted by atomic mass is 16.3. The number of nitrogens with one attached hydrogen (secondary N) is 2. The first-order valence-corrected chi connectivity index (χ1v) is 6.70. The van der Waals surface area contributed by atoms with Crippen LogP contribution in [0.2, 0.25) is 0 Å². The van der Waals surface area contributed by atoms with Gasteiger partial charge in [-0.2, -0.15) is 9.97 Å². The quantitative estimate of drug-likeness (QED) is 0.572. The van der Waals surface area contributed by atoms with E-state index in [1.807, 2.05) is 6.07 Å². The van der Waals surface area contributed by atoms with Crippen molar-refractivity contribution in [1.29, 1.82) is 0 Å². The molecule has 1 aromatic heterocycles. The lowest BCUT2D eigenvalue weighted by molar-refractivity contribution is 0.220. The van der Waals surface area contributed by atoms with Crippen LogP contribution in [0.25, 0.3) is 0 Å². The van der Waals surface area contributed by atoms with Crippen LogP contribution >= 0.6 is 0 Å². The molecule has 108 valence electrons. The zero-order valence-corrected chi connectivity index (χ0v) is 12.0. The van der Waals surface area contributed by atoms with Gasteiger partial charge < -0.3 is 21.5 Å². The second-order valence-corrected chi connectivity index (χ2v) is 5.41. The molecule has 0 saturated heterocycles. The van der Waals surface area contributed by atoms with Crippen molar-refractivity contribution in [2.24, 2.45) is 5.41 Å². The number of hydrogen-bond donors (Lipinski definition) is 4. The van der Waals surface area contributed by atoms with Crippen LogP contribution in [0.5, 0.6) is 0 Å². The third kappa shape index (κ3) is 5.74. The number of nitrogens with zero attached hydrogens (tertiary/aromatic N) is 2. The molecule has 0 unspecified atom stereocenters. The van der Waals surface area contributed by atoms with Gasteiger partial charge in [-0.3, -0.25) is 0 Å². The van der Waals surface area contributed by atoms with E-state index >= 15 is 0 Å². The molecule has 0 bridgehead atoms. The van der Waals surface area contributed by atoms with E-state index < -0.39 is 0 Å². The maximum absolute atomic E-state index is 9.00. The molecule has 6 nitrogen and oxygen atoms in total. The van der Waals surface area contributed by atoms with E-state index in [0.29, 0.717) is 5.82 Å². The lowest BCUT2D eigenvalue weighted by atomic mass is 9.90. The summed E-state index contributed by atoms with van der Waals surface area (Å²) < 4.78 is 0. The maximum atomic E-state index is 9.00. The average Bonchev–Trinajstić information content (AvgIpc) is 2.33. The summed E-state index contributed by atoms with van der Waals surface area (Å²) in [5, 5.41) is 15.4. The van der Waals surface area contributed by atoms with Crippen LogP contribution in [0, 0.1) is 5.41 Å². The van der Waals surface area contributed by atoms with Gasteiger partial charge in [0.2, 0.25) is 5.95 Å². The molecule has 0 aliphatic heterocycles. The van der Waals surface area contributed by atoms with Gasteiger partial charge in [0.15, 0.2) is 0 Å². The minimum absolute atomic E-state index is 0.00543. The minimum Gasteiger partial charge on any atom is -0.396 e. The predicted molar refractivity (Wildman–Crippen MR) is 79.2 cm³/mol. The molecule has 0 aliphatic carbocycles. The molecular weight excluding hydrogens is 242 g/mol. The van der Waals surface area contributed by atoms with Crippen molar-refractivity contribution in [3.8, 4) is 0 Å². The number of hydrogen-bond acceptors (Lipinski definition) is 6. The molecule has 1 aromatic rings. The Balaban J connectivity index is 2.65. The smallest absolute Gasteiger partial charge is 0.223 e. The molecule has 0 spiro atoms. The van der Waals surface area contributed by atoms with Gasteiger partial charge in [-0.1, -0.05) is 20.8 Å². The Morgan fingerprint density at radius 3 is 2.47 bits per heavy atom. The van der Waals surface area contributed by atoms with Crippen molar-refractivity contribution < 1.29 is 5.11 Å². The molecule has 1 heterocycles. The molecular formula is C13H25N5O. The van der Waals surface area contributed by atoms with E-state index in [0.717, 1.165) is 31.7 Å². The highest BCUT2D eigenvalue weighted by molar-refractivity contribution is 5.51. The number of anilines is 3. The normalized spacial score (nSPS) is 11.4. The van der Waals surface area contributed by atoms with E-state index in [-0.39, 0.29) is 18.0 Å². The second-order valence-electron chi connectivity index (χ2n) is 5.41. The summed E-state index contributed by atoms with van der Waals surface area (Å²) in [7, 11) is 0. The van der Waals surface area contributed by atoms with Gasteiger partial charge in [-0.25, -0.2) is 0 Å². The summed E-state index contributed by atoms with van der Waals surface area (Å²) in [6.07, 6.45) is 1.76. The molecule has 19 heavy (non-hydrogen) atoms. The van der Waals surface area contributed by atoms with Crippen molar-refractivity contribution in [2.45, 2.75) is 33.6 Å². The zero-order chi connectivity index (χ0) is 14.3. The molecule has 0 radical (unpaired) electrons. The van der Waals surface area contributed by atoms with Gasteiger partial charge in [-0.15, -0.1) is 0 Å². The Morgan fingerprint density at radius 2 is 1.89 bits per heavy atom. The second kappa shape index (κ2) is 7.13. The van der Waals surface area contributed by atoms with E-state index in [9.17, 15) is 0 Å². The van der Waals surface area contributed by atoms with Crippen molar-refractivity contribution >= 4 is 17.6 Å². The Kier molecular flexibility index (Phi) is 5.82. The van der Waals surface area contributed by atoms with Crippen LogP contribution in [-0.2, 0) is 0 Å². The molecule has 5 N–H and O–H groups in total. The summed E-state index contributed by atoms with van der Waals surface area (Å²) in [5.41, 5.74) is 5.69. The van der Waals surface area contributed by atoms with Crippen LogP contribution in [0.4, 0.5) is 17.6 Å². The van der Waals surface area contributed by atoms with Gasteiger partial charge in [0.05, 0.1) is 0 Å². The van der Waals surface area contributed by atoms with E-state index in [1.54, 1.807) is 0 Å². The highest BCUT2D eigenvalue weighted by Gasteiger charge is 2.17. The predicted octanol–water partition coefficient (Wildman–Crippen LogP) is 1.70. The third-order valence-electron chi connectivity index (χ3n) is 2.84. The SMILES string of the molecule is CCCNc1cc(NCC(C)(C)CCO)nc(N)n1. The Morgan fingerprint density at radius 1 is 1.26 bits per heavy atom. The van der Waals surface area contributed by atoms with Crippen molar-refractivity contribution in [3.05, 3.63) is 6.07 Å². The van der Waals surface area contributed by atoms with Crippen molar-refractivity contribution in [1.82, 2.24) is 9.97 Å². The molecule has 0 fully saturated rings. The first-order valence-electron chi connectivity index (χ1n) is 6.70. The van der Waals surface area contributed by atoms with Gasteiger partial charge in [0, 0.05) is 25.8 Å². The standard InChI is InChI=1S/C13H25N5O/c1-4-6-15-10-8-11(18-12(14)17-10)16-9-13(2,3)5-7-19/h8,19H,4-7,9H2,1-3H3,(H4,14,15,16,17,18). The van der Waals surface area contributed by atoms with Gasteiger partial charge in [0.25, 0.3) is 0 Å².